The van der Waals surface area contributed by atoms with E-state index in [1.807, 2.05) is 6.92 Å². The summed E-state index contributed by atoms with van der Waals surface area (Å²) >= 11 is 5.98. The van der Waals surface area contributed by atoms with E-state index in [4.69, 9.17) is 11.6 Å². The summed E-state index contributed by atoms with van der Waals surface area (Å²) in [4.78, 5) is 12.9. The Morgan fingerprint density at radius 1 is 1.00 bits per heavy atom. The van der Waals surface area contributed by atoms with Crippen molar-refractivity contribution in [3.63, 3.8) is 0 Å². The van der Waals surface area contributed by atoms with Gasteiger partial charge in [0.25, 0.3) is 10.0 Å². The molecule has 1 N–H and O–H groups in total. The number of carbonyl (C=O) groups is 1. The Bertz CT molecular complexity index is 1320. The molecule has 5 nitrogen and oxygen atoms in total. The van der Waals surface area contributed by atoms with Gasteiger partial charge in [0.15, 0.2) is 0 Å². The van der Waals surface area contributed by atoms with Gasteiger partial charge in [0.2, 0.25) is 5.91 Å². The third-order valence-corrected chi connectivity index (χ3v) is 7.41. The first-order chi connectivity index (χ1) is 15.8. The van der Waals surface area contributed by atoms with Gasteiger partial charge in [0.05, 0.1) is 26.9 Å². The molecule has 0 saturated carbocycles. The van der Waals surface area contributed by atoms with Gasteiger partial charge in [-0.2, -0.15) is 13.2 Å². The van der Waals surface area contributed by atoms with Crippen LogP contribution in [0.15, 0.2) is 65.6 Å². The highest BCUT2D eigenvalue weighted by molar-refractivity contribution is 7.92. The molecule has 0 aromatic heterocycles. The Morgan fingerprint density at radius 2 is 1.65 bits per heavy atom. The predicted octanol–water partition coefficient (Wildman–Crippen LogP) is 6.12. The minimum absolute atomic E-state index is 0.0242. The zero-order chi connectivity index (χ0) is 25.3. The van der Waals surface area contributed by atoms with E-state index >= 15 is 0 Å². The van der Waals surface area contributed by atoms with Crippen molar-refractivity contribution in [1.29, 1.82) is 0 Å². The number of nitrogens with zero attached hydrogens (tertiary/aromatic N) is 1. The topological polar surface area (TPSA) is 66.5 Å². The van der Waals surface area contributed by atoms with Crippen LogP contribution in [0.4, 0.5) is 24.5 Å². The molecule has 0 aliphatic heterocycles. The maximum absolute atomic E-state index is 13.5. The summed E-state index contributed by atoms with van der Waals surface area (Å²) in [6, 6.07) is 13.7. The molecule has 0 aliphatic carbocycles. The highest BCUT2D eigenvalue weighted by atomic mass is 35.5. The quantitative estimate of drug-likeness (QED) is 0.434. The average molecular weight is 511 g/mol. The molecule has 0 saturated heterocycles. The van der Waals surface area contributed by atoms with Gasteiger partial charge in [0, 0.05) is 0 Å². The third kappa shape index (κ3) is 5.53. The first-order valence-electron chi connectivity index (χ1n) is 10.1. The Kier molecular flexibility index (Phi) is 7.28. The first kappa shape index (κ1) is 25.6. The van der Waals surface area contributed by atoms with E-state index in [1.54, 1.807) is 44.2 Å². The summed E-state index contributed by atoms with van der Waals surface area (Å²) < 4.78 is 67.2. The van der Waals surface area contributed by atoms with E-state index in [-0.39, 0.29) is 21.3 Å². The van der Waals surface area contributed by atoms with Crippen LogP contribution in [0.2, 0.25) is 5.02 Å². The van der Waals surface area contributed by atoms with Gasteiger partial charge in [-0.15, -0.1) is 0 Å². The van der Waals surface area contributed by atoms with Crippen molar-refractivity contribution in [2.75, 3.05) is 16.2 Å². The smallest absolute Gasteiger partial charge is 0.323 e. The largest absolute Gasteiger partial charge is 0.416 e. The van der Waals surface area contributed by atoms with Gasteiger partial charge in [-0.05, 0) is 68.3 Å². The normalized spacial score (nSPS) is 11.9. The second kappa shape index (κ2) is 9.68. The number of rotatable bonds is 6. The summed E-state index contributed by atoms with van der Waals surface area (Å²) in [6.07, 6.45) is -4.64. The second-order valence-corrected chi connectivity index (χ2v) is 10.1. The summed E-state index contributed by atoms with van der Waals surface area (Å²) in [6.45, 7) is 4.67. The molecule has 0 atom stereocenters. The zero-order valence-corrected chi connectivity index (χ0v) is 20.1. The van der Waals surface area contributed by atoms with Crippen LogP contribution in [-0.2, 0) is 21.0 Å². The number of sulfonamides is 1. The maximum atomic E-state index is 13.5. The van der Waals surface area contributed by atoms with Crippen LogP contribution >= 0.6 is 11.6 Å². The van der Waals surface area contributed by atoms with E-state index in [0.717, 1.165) is 27.6 Å². The lowest BCUT2D eigenvalue weighted by Gasteiger charge is -2.26. The van der Waals surface area contributed by atoms with Crippen molar-refractivity contribution >= 4 is 38.9 Å². The van der Waals surface area contributed by atoms with E-state index in [9.17, 15) is 26.4 Å². The molecule has 0 heterocycles. The molecular weight excluding hydrogens is 489 g/mol. The minimum Gasteiger partial charge on any atom is -0.323 e. The van der Waals surface area contributed by atoms with Crippen LogP contribution < -0.4 is 9.62 Å². The van der Waals surface area contributed by atoms with Crippen LogP contribution in [0.1, 0.15) is 22.3 Å². The van der Waals surface area contributed by atoms with Crippen LogP contribution in [0.5, 0.6) is 0 Å². The monoisotopic (exact) mass is 510 g/mol. The molecule has 3 rings (SSSR count). The van der Waals surface area contributed by atoms with Gasteiger partial charge in [0.1, 0.15) is 6.54 Å². The number of anilines is 2. The van der Waals surface area contributed by atoms with Crippen molar-refractivity contribution in [1.82, 2.24) is 0 Å². The molecule has 0 radical (unpaired) electrons. The zero-order valence-electron chi connectivity index (χ0n) is 18.6. The number of hydrogen-bond acceptors (Lipinski definition) is 3. The molecule has 0 aliphatic rings. The Morgan fingerprint density at radius 3 is 2.26 bits per heavy atom. The molecule has 10 heteroatoms. The number of hydrogen-bond donors (Lipinski definition) is 1. The molecule has 180 valence electrons. The molecule has 0 unspecified atom stereocenters. The number of halogens is 4. The highest BCUT2D eigenvalue weighted by Crippen LogP contribution is 2.34. The van der Waals surface area contributed by atoms with Crippen molar-refractivity contribution in [3.05, 3.63) is 87.9 Å². The predicted molar refractivity (Wildman–Crippen MR) is 127 cm³/mol. The lowest BCUT2D eigenvalue weighted by molar-refractivity contribution is -0.137. The van der Waals surface area contributed by atoms with Gasteiger partial charge in [-0.3, -0.25) is 9.10 Å². The van der Waals surface area contributed by atoms with Gasteiger partial charge >= 0.3 is 6.18 Å². The SMILES string of the molecule is Cc1ccc(S(=O)(=O)N(CC(=O)Nc2cc(C(F)(F)F)ccc2Cl)c2cccc(C)c2C)cc1. The minimum atomic E-state index is -4.64. The third-order valence-electron chi connectivity index (χ3n) is 5.31. The van der Waals surface area contributed by atoms with Gasteiger partial charge < -0.3 is 5.32 Å². The molecule has 0 bridgehead atoms. The average Bonchev–Trinajstić information content (AvgIpc) is 2.75. The molecule has 0 fully saturated rings. The molecule has 34 heavy (non-hydrogen) atoms. The summed E-state index contributed by atoms with van der Waals surface area (Å²) in [5.41, 5.74) is 1.33. The Labute approximate surface area is 201 Å². The van der Waals surface area contributed by atoms with Crippen molar-refractivity contribution < 1.29 is 26.4 Å². The van der Waals surface area contributed by atoms with Crippen molar-refractivity contribution in [3.8, 4) is 0 Å². The van der Waals surface area contributed by atoms with E-state index < -0.39 is 34.2 Å². The van der Waals surface area contributed by atoms with E-state index in [1.165, 1.54) is 12.1 Å². The summed E-state index contributed by atoms with van der Waals surface area (Å²) in [7, 11) is -4.18. The Hall–Kier alpha value is -3.04. The van der Waals surface area contributed by atoms with Crippen LogP contribution in [-0.4, -0.2) is 20.9 Å². The summed E-state index contributed by atoms with van der Waals surface area (Å²) in [5, 5.41) is 2.20. The fourth-order valence-corrected chi connectivity index (χ4v) is 4.90. The van der Waals surface area contributed by atoms with Crippen LogP contribution in [0.3, 0.4) is 0 Å². The number of benzene rings is 3. The standard InChI is InChI=1S/C24H22ClF3N2O3S/c1-15-7-10-19(11-8-15)34(32,33)30(22-6-4-5-16(2)17(22)3)14-23(31)29-21-13-18(24(26,27)28)9-12-20(21)25/h4-13H,14H2,1-3H3,(H,29,31). The van der Waals surface area contributed by atoms with Crippen LogP contribution in [0.25, 0.3) is 0 Å². The number of carbonyl (C=O) groups excluding carboxylic acids is 1. The van der Waals surface area contributed by atoms with Gasteiger partial charge in [-0.25, -0.2) is 8.42 Å². The molecule has 3 aromatic rings. The lowest BCUT2D eigenvalue weighted by Crippen LogP contribution is -2.38. The van der Waals surface area contributed by atoms with E-state index in [2.05, 4.69) is 5.32 Å². The first-order valence-corrected chi connectivity index (χ1v) is 11.9. The number of amides is 1. The van der Waals surface area contributed by atoms with E-state index in [0.29, 0.717) is 11.6 Å². The summed E-state index contributed by atoms with van der Waals surface area (Å²) in [5.74, 6) is -0.849. The Balaban J connectivity index is 2.01. The maximum Gasteiger partial charge on any atom is 0.416 e. The molecule has 3 aromatic carbocycles. The van der Waals surface area contributed by atoms with Crippen molar-refractivity contribution in [2.24, 2.45) is 0 Å². The van der Waals surface area contributed by atoms with Gasteiger partial charge in [-0.1, -0.05) is 41.4 Å². The number of nitrogens with one attached hydrogen (secondary N) is 1. The number of aryl methyl sites for hydroxylation is 2. The second-order valence-electron chi connectivity index (χ2n) is 7.78. The number of alkyl halides is 3. The van der Waals surface area contributed by atoms with Crippen LogP contribution in [0, 0.1) is 20.8 Å². The highest BCUT2D eigenvalue weighted by Gasteiger charge is 2.32. The van der Waals surface area contributed by atoms with Crippen molar-refractivity contribution in [2.45, 2.75) is 31.8 Å². The lowest BCUT2D eigenvalue weighted by atomic mass is 10.1. The molecule has 1 amide bonds. The molecular formula is C24H22ClF3N2O3S. The molecule has 0 spiro atoms. The fraction of sp³-hybridized carbons (Fsp3) is 0.208. The fourth-order valence-electron chi connectivity index (χ4n) is 3.26.